The molecule has 6 heteroatoms. The molecule has 0 saturated heterocycles. The summed E-state index contributed by atoms with van der Waals surface area (Å²) in [7, 11) is 0. The van der Waals surface area contributed by atoms with Crippen LogP contribution in [0.2, 0.25) is 0 Å². The maximum absolute atomic E-state index is 13.0. The number of hydrogen-bond donors (Lipinski definition) is 3. The van der Waals surface area contributed by atoms with Gasteiger partial charge in [-0.1, -0.05) is 13.8 Å². The van der Waals surface area contributed by atoms with Crippen LogP contribution >= 0.6 is 0 Å². The monoisotopic (exact) mass is 279 g/mol. The molecule has 2 amide bonds. The zero-order valence-electron chi connectivity index (χ0n) is 11.5. The fourth-order valence-electron chi connectivity index (χ4n) is 1.80. The molecule has 3 N–H and O–H groups in total. The molecule has 0 aliphatic carbocycles. The van der Waals surface area contributed by atoms with E-state index >= 15 is 0 Å². The number of hydrogen-bond acceptors (Lipinski definition) is 3. The molecule has 5 nitrogen and oxygen atoms in total. The van der Waals surface area contributed by atoms with Gasteiger partial charge in [0.15, 0.2) is 0 Å². The van der Waals surface area contributed by atoms with Crippen LogP contribution in [0.1, 0.15) is 32.3 Å². The molecule has 0 aromatic heterocycles. The minimum atomic E-state index is -0.697. The van der Waals surface area contributed by atoms with E-state index < -0.39 is 17.4 Å². The number of benzene rings is 1. The largest absolute Gasteiger partial charge is 0.394 e. The van der Waals surface area contributed by atoms with Crippen molar-refractivity contribution in [1.82, 2.24) is 5.32 Å². The van der Waals surface area contributed by atoms with Gasteiger partial charge in [0, 0.05) is 0 Å². The molecule has 1 rings (SSSR count). The molecule has 1 aromatic carbocycles. The van der Waals surface area contributed by atoms with Gasteiger partial charge in [-0.25, -0.2) is 9.18 Å². The minimum absolute atomic E-state index is 0.0442. The van der Waals surface area contributed by atoms with Gasteiger partial charge >= 0.3 is 6.03 Å². The van der Waals surface area contributed by atoms with Gasteiger partial charge in [-0.2, -0.15) is 5.26 Å². The van der Waals surface area contributed by atoms with Gasteiger partial charge < -0.3 is 15.7 Å². The maximum atomic E-state index is 13.0. The first-order chi connectivity index (χ1) is 9.50. The number of aliphatic hydroxyl groups is 1. The summed E-state index contributed by atoms with van der Waals surface area (Å²) in [6, 6.07) is 4.82. The molecule has 0 spiro atoms. The molecular weight excluding hydrogens is 261 g/mol. The zero-order chi connectivity index (χ0) is 15.2. The molecule has 1 aromatic rings. The van der Waals surface area contributed by atoms with Crippen LogP contribution in [0.5, 0.6) is 0 Å². The van der Waals surface area contributed by atoms with Crippen molar-refractivity contribution in [1.29, 1.82) is 5.26 Å². The number of amides is 2. The van der Waals surface area contributed by atoms with E-state index in [0.717, 1.165) is 12.1 Å². The lowest BCUT2D eigenvalue weighted by molar-refractivity contribution is 0.155. The summed E-state index contributed by atoms with van der Waals surface area (Å²) in [5.74, 6) is -0.542. The number of carbonyl (C=O) groups excluding carboxylic acids is 1. The lowest BCUT2D eigenvalue weighted by Gasteiger charge is -2.30. The molecule has 0 heterocycles. The van der Waals surface area contributed by atoms with E-state index in [1.54, 1.807) is 0 Å². The van der Waals surface area contributed by atoms with Gasteiger partial charge in [-0.05, 0) is 31.0 Å². The summed E-state index contributed by atoms with van der Waals surface area (Å²) >= 11 is 0. The number of urea groups is 1. The Kier molecular flexibility index (Phi) is 5.47. The van der Waals surface area contributed by atoms with E-state index in [1.807, 2.05) is 19.9 Å². The highest BCUT2D eigenvalue weighted by Gasteiger charge is 2.27. The van der Waals surface area contributed by atoms with Gasteiger partial charge in [0.25, 0.3) is 0 Å². The first-order valence-corrected chi connectivity index (χ1v) is 6.40. The van der Waals surface area contributed by atoms with E-state index in [4.69, 9.17) is 5.26 Å². The molecule has 0 aliphatic heterocycles. The van der Waals surface area contributed by atoms with Crippen molar-refractivity contribution in [3.05, 3.63) is 29.6 Å². The molecule has 0 unspecified atom stereocenters. The Hall–Kier alpha value is -2.13. The molecule has 0 aliphatic rings. The van der Waals surface area contributed by atoms with Crippen LogP contribution in [0.4, 0.5) is 14.9 Å². The Morgan fingerprint density at radius 3 is 2.60 bits per heavy atom. The SMILES string of the molecule is CCC(CC)(CO)NC(=O)Nc1ccc(F)cc1C#N. The summed E-state index contributed by atoms with van der Waals surface area (Å²) in [6.45, 7) is 3.54. The Bertz CT molecular complexity index is 513. The van der Waals surface area contributed by atoms with Crippen molar-refractivity contribution in [3.8, 4) is 6.07 Å². The van der Waals surface area contributed by atoms with Crippen LogP contribution in [0, 0.1) is 17.1 Å². The third kappa shape index (κ3) is 3.68. The van der Waals surface area contributed by atoms with Crippen molar-refractivity contribution < 1.29 is 14.3 Å². The van der Waals surface area contributed by atoms with Crippen molar-refractivity contribution in [2.75, 3.05) is 11.9 Å². The van der Waals surface area contributed by atoms with Gasteiger partial charge in [-0.3, -0.25) is 0 Å². The van der Waals surface area contributed by atoms with Crippen LogP contribution in [0.15, 0.2) is 18.2 Å². The number of nitrogens with zero attached hydrogens (tertiary/aromatic N) is 1. The van der Waals surface area contributed by atoms with Crippen LogP contribution < -0.4 is 10.6 Å². The lowest BCUT2D eigenvalue weighted by Crippen LogP contribution is -2.52. The number of nitriles is 1. The first-order valence-electron chi connectivity index (χ1n) is 6.40. The molecule has 0 bridgehead atoms. The maximum Gasteiger partial charge on any atom is 0.319 e. The summed E-state index contributed by atoms with van der Waals surface area (Å²) in [5, 5.41) is 23.5. The Morgan fingerprint density at radius 2 is 2.10 bits per heavy atom. The molecule has 20 heavy (non-hydrogen) atoms. The second-order valence-electron chi connectivity index (χ2n) is 4.53. The van der Waals surface area contributed by atoms with Gasteiger partial charge in [0.1, 0.15) is 11.9 Å². The van der Waals surface area contributed by atoms with E-state index in [1.165, 1.54) is 6.07 Å². The third-order valence-electron chi connectivity index (χ3n) is 3.39. The lowest BCUT2D eigenvalue weighted by atomic mass is 9.94. The van der Waals surface area contributed by atoms with E-state index in [9.17, 15) is 14.3 Å². The van der Waals surface area contributed by atoms with Crippen LogP contribution in [0.25, 0.3) is 0 Å². The predicted molar refractivity (Wildman–Crippen MR) is 73.7 cm³/mol. The minimum Gasteiger partial charge on any atom is -0.394 e. The number of aliphatic hydroxyl groups excluding tert-OH is 1. The van der Waals surface area contributed by atoms with Crippen molar-refractivity contribution in [2.24, 2.45) is 0 Å². The second-order valence-corrected chi connectivity index (χ2v) is 4.53. The first kappa shape index (κ1) is 15.9. The summed E-state index contributed by atoms with van der Waals surface area (Å²) in [6.07, 6.45) is 1.14. The van der Waals surface area contributed by atoms with Crippen LogP contribution in [-0.4, -0.2) is 23.3 Å². The van der Waals surface area contributed by atoms with Crippen molar-refractivity contribution in [2.45, 2.75) is 32.2 Å². The quantitative estimate of drug-likeness (QED) is 0.773. The zero-order valence-corrected chi connectivity index (χ0v) is 11.5. The number of nitrogens with one attached hydrogen (secondary N) is 2. The standard InChI is InChI=1S/C14H18FN3O2/c1-3-14(4-2,9-19)18-13(20)17-12-6-5-11(15)7-10(12)8-16/h5-7,19H,3-4,9H2,1-2H3,(H2,17,18,20). The molecule has 0 radical (unpaired) electrons. The Labute approximate surface area is 117 Å². The third-order valence-corrected chi connectivity index (χ3v) is 3.39. The number of anilines is 1. The predicted octanol–water partition coefficient (Wildman–Crippen LogP) is 2.37. The number of carbonyl (C=O) groups is 1. The molecule has 0 atom stereocenters. The average Bonchev–Trinajstić information content (AvgIpc) is 2.46. The summed E-state index contributed by atoms with van der Waals surface area (Å²) in [4.78, 5) is 11.9. The highest BCUT2D eigenvalue weighted by molar-refractivity contribution is 5.91. The molecule has 0 saturated carbocycles. The van der Waals surface area contributed by atoms with E-state index in [-0.39, 0.29) is 17.9 Å². The van der Waals surface area contributed by atoms with Gasteiger partial charge in [0.05, 0.1) is 23.4 Å². The van der Waals surface area contributed by atoms with E-state index in [2.05, 4.69) is 10.6 Å². The highest BCUT2D eigenvalue weighted by atomic mass is 19.1. The molecule has 0 fully saturated rings. The summed E-state index contributed by atoms with van der Waals surface area (Å²) < 4.78 is 13.0. The van der Waals surface area contributed by atoms with Crippen molar-refractivity contribution >= 4 is 11.7 Å². The summed E-state index contributed by atoms with van der Waals surface area (Å²) in [5.41, 5.74) is -0.426. The fraction of sp³-hybridized carbons (Fsp3) is 0.429. The van der Waals surface area contributed by atoms with Crippen LogP contribution in [0.3, 0.4) is 0 Å². The number of rotatable bonds is 5. The van der Waals surface area contributed by atoms with Gasteiger partial charge in [-0.15, -0.1) is 0 Å². The van der Waals surface area contributed by atoms with Crippen LogP contribution in [-0.2, 0) is 0 Å². The normalized spacial score (nSPS) is 10.8. The topological polar surface area (TPSA) is 85.2 Å². The smallest absolute Gasteiger partial charge is 0.319 e. The Balaban J connectivity index is 2.84. The molecule has 108 valence electrons. The highest BCUT2D eigenvalue weighted by Crippen LogP contribution is 2.18. The molecular formula is C14H18FN3O2. The van der Waals surface area contributed by atoms with Gasteiger partial charge in [0.2, 0.25) is 0 Å². The second kappa shape index (κ2) is 6.87. The Morgan fingerprint density at radius 1 is 1.45 bits per heavy atom. The average molecular weight is 279 g/mol. The number of halogens is 1. The fourth-order valence-corrected chi connectivity index (χ4v) is 1.80. The van der Waals surface area contributed by atoms with E-state index in [0.29, 0.717) is 12.8 Å². The van der Waals surface area contributed by atoms with Crippen molar-refractivity contribution in [3.63, 3.8) is 0 Å².